The van der Waals surface area contributed by atoms with Crippen LogP contribution in [0, 0.1) is 0 Å². The fourth-order valence-electron chi connectivity index (χ4n) is 1.93. The van der Waals surface area contributed by atoms with Crippen LogP contribution in [-0.2, 0) is 20.0 Å². The lowest BCUT2D eigenvalue weighted by atomic mass is 10.3. The minimum Gasteiger partial charge on any atom is -0.326 e. The Morgan fingerprint density at radius 2 is 1.75 bits per heavy atom. The molecule has 7 nitrogen and oxygen atoms in total. The van der Waals surface area contributed by atoms with E-state index in [1.807, 2.05) is 0 Å². The maximum Gasteiger partial charge on any atom is 0.243 e. The molecule has 1 aliphatic rings. The van der Waals surface area contributed by atoms with Crippen molar-refractivity contribution in [1.29, 1.82) is 0 Å². The normalized spacial score (nSPS) is 20.6. The third-order valence-corrected chi connectivity index (χ3v) is 5.73. The van der Waals surface area contributed by atoms with Gasteiger partial charge in [0.2, 0.25) is 20.0 Å². The first-order chi connectivity index (χ1) is 8.71. The highest BCUT2D eigenvalue weighted by Gasteiger charge is 2.31. The van der Waals surface area contributed by atoms with Crippen LogP contribution in [0.3, 0.4) is 0 Å². The van der Waals surface area contributed by atoms with Gasteiger partial charge in [-0.05, 0) is 24.6 Å². The molecule has 0 aromatic heterocycles. The van der Waals surface area contributed by atoms with Gasteiger partial charge in [0.25, 0.3) is 0 Å². The van der Waals surface area contributed by atoms with Gasteiger partial charge in [-0.1, -0.05) is 6.07 Å². The molecule has 0 saturated carbocycles. The second-order valence-corrected chi connectivity index (χ2v) is 7.93. The van der Waals surface area contributed by atoms with E-state index in [0.29, 0.717) is 13.0 Å². The summed E-state index contributed by atoms with van der Waals surface area (Å²) in [6.07, 6.45) is 0.591. The highest BCUT2D eigenvalue weighted by atomic mass is 35.5. The van der Waals surface area contributed by atoms with Crippen LogP contribution >= 0.6 is 12.4 Å². The average molecular weight is 342 g/mol. The smallest absolute Gasteiger partial charge is 0.243 e. The van der Waals surface area contributed by atoms with Crippen LogP contribution < -0.4 is 10.9 Å². The molecular formula is C10H16ClN3O4S2. The summed E-state index contributed by atoms with van der Waals surface area (Å²) in [4.78, 5) is -0.315. The number of hydrogen-bond acceptors (Lipinski definition) is 5. The van der Waals surface area contributed by atoms with Crippen LogP contribution in [0.4, 0.5) is 0 Å². The molecule has 0 aliphatic carbocycles. The predicted molar refractivity (Wildman–Crippen MR) is 76.4 cm³/mol. The van der Waals surface area contributed by atoms with E-state index >= 15 is 0 Å². The lowest BCUT2D eigenvalue weighted by molar-refractivity contribution is 0.472. The molecule has 1 aromatic rings. The Labute approximate surface area is 124 Å². The van der Waals surface area contributed by atoms with Crippen LogP contribution in [0.1, 0.15) is 6.42 Å². The Balaban J connectivity index is 0.00000200. The quantitative estimate of drug-likeness (QED) is 0.765. The summed E-state index contributed by atoms with van der Waals surface area (Å²) in [6, 6.07) is 4.82. The largest absolute Gasteiger partial charge is 0.326 e. The lowest BCUT2D eigenvalue weighted by Gasteiger charge is -2.16. The van der Waals surface area contributed by atoms with Crippen LogP contribution in [-0.4, -0.2) is 40.3 Å². The molecule has 4 N–H and O–H groups in total. The van der Waals surface area contributed by atoms with E-state index in [-0.39, 0.29) is 34.8 Å². The van der Waals surface area contributed by atoms with Crippen LogP contribution in [0.5, 0.6) is 0 Å². The standard InChI is InChI=1S/C10H15N3O4S2.ClH/c11-8-4-5-13(7-8)19(16,17)10-3-1-2-9(6-10)18(12,14)15;/h1-3,6,8H,4-5,7,11H2,(H2,12,14,15);1H/t8-;/m1./s1. The molecule has 0 bridgehead atoms. The summed E-state index contributed by atoms with van der Waals surface area (Å²) < 4.78 is 48.3. The van der Waals surface area contributed by atoms with Crippen LogP contribution in [0.25, 0.3) is 0 Å². The molecular weight excluding hydrogens is 326 g/mol. The van der Waals surface area contributed by atoms with Crippen molar-refractivity contribution in [3.63, 3.8) is 0 Å². The van der Waals surface area contributed by atoms with Gasteiger partial charge in [-0.25, -0.2) is 22.0 Å². The minimum atomic E-state index is -3.93. The van der Waals surface area contributed by atoms with E-state index in [0.717, 1.165) is 6.07 Å². The minimum absolute atomic E-state index is 0. The van der Waals surface area contributed by atoms with Crippen molar-refractivity contribution in [3.8, 4) is 0 Å². The average Bonchev–Trinajstić information content (AvgIpc) is 2.76. The topological polar surface area (TPSA) is 124 Å². The number of nitrogens with two attached hydrogens (primary N) is 2. The van der Waals surface area contributed by atoms with Crippen molar-refractivity contribution in [3.05, 3.63) is 24.3 Å². The van der Waals surface area contributed by atoms with Gasteiger partial charge < -0.3 is 5.73 Å². The van der Waals surface area contributed by atoms with Gasteiger partial charge in [-0.15, -0.1) is 12.4 Å². The van der Waals surface area contributed by atoms with Gasteiger partial charge >= 0.3 is 0 Å². The summed E-state index contributed by atoms with van der Waals surface area (Å²) in [5.41, 5.74) is 5.68. The third kappa shape index (κ3) is 3.48. The van der Waals surface area contributed by atoms with E-state index in [2.05, 4.69) is 0 Å². The Bertz CT molecular complexity index is 690. The van der Waals surface area contributed by atoms with Gasteiger partial charge in [0.15, 0.2) is 0 Å². The maximum atomic E-state index is 12.3. The second-order valence-electron chi connectivity index (χ2n) is 4.43. The van der Waals surface area contributed by atoms with Crippen molar-refractivity contribution >= 4 is 32.5 Å². The Morgan fingerprint density at radius 1 is 1.15 bits per heavy atom. The fraction of sp³-hybridized carbons (Fsp3) is 0.400. The molecule has 1 aliphatic heterocycles. The zero-order chi connectivity index (χ0) is 14.3. The van der Waals surface area contributed by atoms with Crippen molar-refractivity contribution in [2.45, 2.75) is 22.3 Å². The van der Waals surface area contributed by atoms with Gasteiger partial charge in [-0.3, -0.25) is 0 Å². The molecule has 1 atom stereocenters. The molecule has 0 unspecified atom stereocenters. The molecule has 1 saturated heterocycles. The second kappa shape index (κ2) is 5.96. The number of benzene rings is 1. The summed E-state index contributed by atoms with van der Waals surface area (Å²) in [5, 5.41) is 4.99. The molecule has 1 aromatic carbocycles. The monoisotopic (exact) mass is 341 g/mol. The Morgan fingerprint density at radius 3 is 2.25 bits per heavy atom. The number of primary sulfonamides is 1. The molecule has 0 radical (unpaired) electrons. The number of halogens is 1. The van der Waals surface area contributed by atoms with Gasteiger partial charge in [0.05, 0.1) is 9.79 Å². The van der Waals surface area contributed by atoms with Crippen molar-refractivity contribution < 1.29 is 16.8 Å². The number of hydrogen-bond donors (Lipinski definition) is 2. The van der Waals surface area contributed by atoms with E-state index in [9.17, 15) is 16.8 Å². The highest BCUT2D eigenvalue weighted by molar-refractivity contribution is 7.90. The van der Waals surface area contributed by atoms with Crippen molar-refractivity contribution in [2.75, 3.05) is 13.1 Å². The third-order valence-electron chi connectivity index (χ3n) is 2.96. The Hall–Kier alpha value is -0.710. The van der Waals surface area contributed by atoms with Gasteiger partial charge in [-0.2, -0.15) is 4.31 Å². The van der Waals surface area contributed by atoms with Crippen molar-refractivity contribution in [2.24, 2.45) is 10.9 Å². The fourth-order valence-corrected chi connectivity index (χ4v) is 4.13. The molecule has 1 fully saturated rings. The predicted octanol–water partition coefficient (Wildman–Crippen LogP) is -0.522. The zero-order valence-corrected chi connectivity index (χ0v) is 12.9. The summed E-state index contributed by atoms with van der Waals surface area (Å²) in [7, 11) is -7.65. The van der Waals surface area contributed by atoms with Crippen LogP contribution in [0.15, 0.2) is 34.1 Å². The summed E-state index contributed by atoms with van der Waals surface area (Å²) in [5.74, 6) is 0. The molecule has 114 valence electrons. The summed E-state index contributed by atoms with van der Waals surface area (Å²) in [6.45, 7) is 0.574. The first kappa shape index (κ1) is 17.3. The lowest BCUT2D eigenvalue weighted by Crippen LogP contribution is -2.32. The molecule has 20 heavy (non-hydrogen) atoms. The molecule has 0 spiro atoms. The molecule has 2 rings (SSSR count). The number of sulfonamides is 2. The van der Waals surface area contributed by atoms with Crippen molar-refractivity contribution in [1.82, 2.24) is 4.31 Å². The number of rotatable bonds is 3. The van der Waals surface area contributed by atoms with E-state index in [1.165, 1.54) is 22.5 Å². The van der Waals surface area contributed by atoms with E-state index in [1.54, 1.807) is 0 Å². The van der Waals surface area contributed by atoms with Gasteiger partial charge in [0, 0.05) is 19.1 Å². The molecule has 1 heterocycles. The van der Waals surface area contributed by atoms with E-state index < -0.39 is 20.0 Å². The summed E-state index contributed by atoms with van der Waals surface area (Å²) >= 11 is 0. The first-order valence-corrected chi connectivity index (χ1v) is 8.58. The Kier molecular flexibility index (Phi) is 5.17. The zero-order valence-electron chi connectivity index (χ0n) is 10.5. The SMILES string of the molecule is Cl.N[C@@H]1CCN(S(=O)(=O)c2cccc(S(N)(=O)=O)c2)C1. The molecule has 10 heteroatoms. The van der Waals surface area contributed by atoms with E-state index in [4.69, 9.17) is 10.9 Å². The first-order valence-electron chi connectivity index (χ1n) is 5.60. The maximum absolute atomic E-state index is 12.3. The van der Waals surface area contributed by atoms with Crippen LogP contribution in [0.2, 0.25) is 0 Å². The highest BCUT2D eigenvalue weighted by Crippen LogP contribution is 2.22. The van der Waals surface area contributed by atoms with Gasteiger partial charge in [0.1, 0.15) is 0 Å². The number of nitrogens with zero attached hydrogens (tertiary/aromatic N) is 1. The molecule has 0 amide bonds.